The minimum Gasteiger partial charge on any atom is -0.340 e. The first-order chi connectivity index (χ1) is 11.5. The van der Waals surface area contributed by atoms with E-state index in [2.05, 4.69) is 4.98 Å². The van der Waals surface area contributed by atoms with Crippen molar-refractivity contribution in [2.45, 2.75) is 19.9 Å². The molecule has 7 heteroatoms. The largest absolute Gasteiger partial charge is 0.340 e. The summed E-state index contributed by atoms with van der Waals surface area (Å²) >= 11 is 1.54. The first-order valence-corrected chi connectivity index (χ1v) is 8.45. The van der Waals surface area contributed by atoms with Gasteiger partial charge in [-0.15, -0.1) is 11.3 Å². The van der Waals surface area contributed by atoms with E-state index in [1.807, 2.05) is 12.3 Å². The molecule has 0 saturated carbocycles. The molecule has 0 N–H and O–H groups in total. The predicted molar refractivity (Wildman–Crippen MR) is 89.8 cm³/mol. The van der Waals surface area contributed by atoms with Gasteiger partial charge in [0.2, 0.25) is 5.91 Å². The van der Waals surface area contributed by atoms with E-state index < -0.39 is 0 Å². The zero-order valence-electron chi connectivity index (χ0n) is 13.5. The lowest BCUT2D eigenvalue weighted by molar-refractivity contribution is -0.130. The normalized spacial score (nSPS) is 13.3. The molecule has 0 fully saturated rings. The number of imide groups is 1. The molecule has 3 rings (SSSR count). The third-order valence-electron chi connectivity index (χ3n) is 3.92. The van der Waals surface area contributed by atoms with E-state index in [4.69, 9.17) is 0 Å². The van der Waals surface area contributed by atoms with Crippen LogP contribution in [0.5, 0.6) is 0 Å². The van der Waals surface area contributed by atoms with Gasteiger partial charge in [-0.1, -0.05) is 12.1 Å². The summed E-state index contributed by atoms with van der Waals surface area (Å²) in [6, 6.07) is 6.72. The van der Waals surface area contributed by atoms with E-state index in [0.717, 1.165) is 15.6 Å². The number of rotatable bonds is 5. The molecule has 1 aliphatic heterocycles. The molecule has 2 heterocycles. The summed E-state index contributed by atoms with van der Waals surface area (Å²) in [6.07, 6.45) is 0.102. The Morgan fingerprint density at radius 2 is 1.83 bits per heavy atom. The number of carbonyl (C=O) groups is 3. The lowest BCUT2D eigenvalue weighted by Crippen LogP contribution is -2.35. The summed E-state index contributed by atoms with van der Waals surface area (Å²) < 4.78 is 0. The Labute approximate surface area is 143 Å². The number of aryl methyl sites for hydroxylation is 1. The first-order valence-electron chi connectivity index (χ1n) is 7.57. The molecule has 0 aliphatic carbocycles. The molecule has 0 radical (unpaired) electrons. The summed E-state index contributed by atoms with van der Waals surface area (Å²) in [5.41, 5.74) is 1.65. The number of thiazole rings is 1. The maximum atomic E-state index is 12.3. The monoisotopic (exact) mass is 343 g/mol. The van der Waals surface area contributed by atoms with E-state index in [9.17, 15) is 14.4 Å². The van der Waals surface area contributed by atoms with Gasteiger partial charge in [-0.3, -0.25) is 19.3 Å². The Balaban J connectivity index is 1.59. The zero-order valence-corrected chi connectivity index (χ0v) is 14.3. The minimum atomic E-state index is -0.332. The van der Waals surface area contributed by atoms with Crippen LogP contribution in [-0.2, 0) is 11.3 Å². The van der Waals surface area contributed by atoms with Crippen LogP contribution in [0.3, 0.4) is 0 Å². The number of nitrogens with zero attached hydrogens (tertiary/aromatic N) is 3. The van der Waals surface area contributed by atoms with E-state index >= 15 is 0 Å². The number of benzene rings is 1. The maximum Gasteiger partial charge on any atom is 0.261 e. The second-order valence-electron chi connectivity index (χ2n) is 5.67. The Kier molecular flexibility index (Phi) is 4.44. The van der Waals surface area contributed by atoms with Crippen LogP contribution >= 0.6 is 11.3 Å². The van der Waals surface area contributed by atoms with Crippen molar-refractivity contribution in [3.8, 4) is 0 Å². The van der Waals surface area contributed by atoms with Gasteiger partial charge in [-0.25, -0.2) is 4.98 Å². The minimum absolute atomic E-state index is 0.0889. The molecule has 1 aliphatic rings. The van der Waals surface area contributed by atoms with E-state index in [1.54, 1.807) is 36.2 Å². The smallest absolute Gasteiger partial charge is 0.261 e. The van der Waals surface area contributed by atoms with Gasteiger partial charge in [0, 0.05) is 25.4 Å². The summed E-state index contributed by atoms with van der Waals surface area (Å²) in [5.74, 6) is -0.792. The Morgan fingerprint density at radius 1 is 1.21 bits per heavy atom. The van der Waals surface area contributed by atoms with Gasteiger partial charge in [0.05, 0.1) is 28.4 Å². The van der Waals surface area contributed by atoms with Crippen molar-refractivity contribution in [3.05, 3.63) is 51.5 Å². The summed E-state index contributed by atoms with van der Waals surface area (Å²) in [4.78, 5) is 43.8. The first kappa shape index (κ1) is 16.3. The van der Waals surface area contributed by atoms with E-state index in [0.29, 0.717) is 17.7 Å². The second-order valence-corrected chi connectivity index (χ2v) is 6.73. The molecule has 0 unspecified atom stereocenters. The van der Waals surface area contributed by atoms with Crippen LogP contribution in [0.15, 0.2) is 29.6 Å². The number of fused-ring (bicyclic) bond motifs is 1. The number of aromatic nitrogens is 1. The van der Waals surface area contributed by atoms with Crippen molar-refractivity contribution < 1.29 is 14.4 Å². The third kappa shape index (κ3) is 3.07. The molecular formula is C17H17N3O3S. The average molecular weight is 343 g/mol. The molecule has 2 aromatic rings. The quantitative estimate of drug-likeness (QED) is 0.780. The van der Waals surface area contributed by atoms with E-state index in [1.165, 1.54) is 11.3 Å². The highest BCUT2D eigenvalue weighted by Crippen LogP contribution is 2.22. The summed E-state index contributed by atoms with van der Waals surface area (Å²) in [6.45, 7) is 2.43. The van der Waals surface area contributed by atoms with Gasteiger partial charge in [-0.05, 0) is 19.1 Å². The highest BCUT2D eigenvalue weighted by Gasteiger charge is 2.35. The van der Waals surface area contributed by atoms with Crippen LogP contribution in [0.1, 0.15) is 37.8 Å². The average Bonchev–Trinajstić information content (AvgIpc) is 3.08. The molecule has 6 nitrogen and oxygen atoms in total. The Morgan fingerprint density at radius 3 is 2.38 bits per heavy atom. The zero-order chi connectivity index (χ0) is 17.3. The molecule has 1 aromatic carbocycles. The molecule has 0 saturated heterocycles. The van der Waals surface area contributed by atoms with Crippen LogP contribution < -0.4 is 0 Å². The molecule has 1 aromatic heterocycles. The van der Waals surface area contributed by atoms with Crippen molar-refractivity contribution in [1.29, 1.82) is 0 Å². The highest BCUT2D eigenvalue weighted by molar-refractivity contribution is 7.09. The number of hydrogen-bond donors (Lipinski definition) is 0. The van der Waals surface area contributed by atoms with Gasteiger partial charge < -0.3 is 4.90 Å². The Bertz CT molecular complexity index is 780. The molecule has 0 spiro atoms. The van der Waals surface area contributed by atoms with Crippen molar-refractivity contribution in [2.75, 3.05) is 13.6 Å². The fourth-order valence-electron chi connectivity index (χ4n) is 2.65. The van der Waals surface area contributed by atoms with Gasteiger partial charge in [0.1, 0.15) is 0 Å². The lowest BCUT2D eigenvalue weighted by atomic mass is 10.1. The van der Waals surface area contributed by atoms with Crippen molar-refractivity contribution in [2.24, 2.45) is 0 Å². The SMILES string of the molecule is Cc1nc(CN(C)C(=O)CCN2C(=O)c3ccccc3C2=O)cs1. The molecular weight excluding hydrogens is 326 g/mol. The topological polar surface area (TPSA) is 70.6 Å². The number of carbonyl (C=O) groups excluding carboxylic acids is 3. The lowest BCUT2D eigenvalue weighted by Gasteiger charge is -2.18. The van der Waals surface area contributed by atoms with Crippen molar-refractivity contribution >= 4 is 29.1 Å². The van der Waals surface area contributed by atoms with Gasteiger partial charge in [0.15, 0.2) is 0 Å². The van der Waals surface area contributed by atoms with Gasteiger partial charge >= 0.3 is 0 Å². The van der Waals surface area contributed by atoms with E-state index in [-0.39, 0.29) is 30.7 Å². The predicted octanol–water partition coefficient (Wildman–Crippen LogP) is 2.10. The van der Waals surface area contributed by atoms with Crippen LogP contribution in [-0.4, -0.2) is 46.1 Å². The fraction of sp³-hybridized carbons (Fsp3) is 0.294. The van der Waals surface area contributed by atoms with Crippen LogP contribution in [0, 0.1) is 6.92 Å². The van der Waals surface area contributed by atoms with Crippen LogP contribution in [0.4, 0.5) is 0 Å². The van der Waals surface area contributed by atoms with Crippen LogP contribution in [0.2, 0.25) is 0 Å². The number of amides is 3. The summed E-state index contributed by atoms with van der Waals surface area (Å²) in [7, 11) is 1.69. The molecule has 3 amide bonds. The highest BCUT2D eigenvalue weighted by atomic mass is 32.1. The third-order valence-corrected chi connectivity index (χ3v) is 4.74. The molecule has 0 bridgehead atoms. The van der Waals surface area contributed by atoms with Gasteiger partial charge in [0.25, 0.3) is 11.8 Å². The van der Waals surface area contributed by atoms with Crippen molar-refractivity contribution in [3.63, 3.8) is 0 Å². The van der Waals surface area contributed by atoms with Crippen molar-refractivity contribution in [1.82, 2.24) is 14.8 Å². The fourth-order valence-corrected chi connectivity index (χ4v) is 3.26. The molecule has 0 atom stereocenters. The maximum absolute atomic E-state index is 12.3. The van der Waals surface area contributed by atoms with Crippen LogP contribution in [0.25, 0.3) is 0 Å². The molecule has 124 valence electrons. The Hall–Kier alpha value is -2.54. The second kappa shape index (κ2) is 6.52. The molecule has 24 heavy (non-hydrogen) atoms. The van der Waals surface area contributed by atoms with Gasteiger partial charge in [-0.2, -0.15) is 0 Å². The number of hydrogen-bond acceptors (Lipinski definition) is 5. The summed E-state index contributed by atoms with van der Waals surface area (Å²) in [5, 5.41) is 2.88. The standard InChI is InChI=1S/C17H17N3O3S/c1-11-18-12(10-24-11)9-19(2)15(21)7-8-20-16(22)13-5-3-4-6-14(13)17(20)23/h3-6,10H,7-9H2,1-2H3.